The van der Waals surface area contributed by atoms with Gasteiger partial charge in [0.15, 0.2) is 0 Å². The molecule has 0 unspecified atom stereocenters. The fourth-order valence-corrected chi connectivity index (χ4v) is 2.05. The van der Waals surface area contributed by atoms with Crippen LogP contribution in [0.4, 0.5) is 0 Å². The van der Waals surface area contributed by atoms with E-state index in [1.165, 1.54) is 6.07 Å². The van der Waals surface area contributed by atoms with Crippen molar-refractivity contribution in [1.29, 1.82) is 0 Å². The summed E-state index contributed by atoms with van der Waals surface area (Å²) in [6, 6.07) is 4.73. The van der Waals surface area contributed by atoms with E-state index >= 15 is 0 Å². The maximum absolute atomic E-state index is 11.1. The molecule has 0 heterocycles. The molecule has 15 heavy (non-hydrogen) atoms. The Hall–Kier alpha value is -1.07. The summed E-state index contributed by atoms with van der Waals surface area (Å²) in [5.74, 6) is 0.648. The van der Waals surface area contributed by atoms with E-state index in [2.05, 4.69) is 0 Å². The summed E-state index contributed by atoms with van der Waals surface area (Å²) in [6.45, 7) is 5.50. The third kappa shape index (κ3) is 3.21. The number of ether oxygens (including phenoxy) is 1. The number of hydrogen-bond donors (Lipinski definition) is 1. The van der Waals surface area contributed by atoms with Crippen molar-refractivity contribution in [1.82, 2.24) is 0 Å². The number of nitrogens with two attached hydrogens (primary N) is 1. The summed E-state index contributed by atoms with van der Waals surface area (Å²) in [5, 5.41) is 5.04. The lowest BCUT2D eigenvalue weighted by Gasteiger charge is -2.11. The van der Waals surface area contributed by atoms with E-state index in [0.29, 0.717) is 11.3 Å². The second-order valence-corrected chi connectivity index (χ2v) is 5.17. The Labute approximate surface area is 90.1 Å². The SMILES string of the molecule is Cc1cc(OC(C)C)ccc1S(N)(=O)=O. The molecule has 4 nitrogen and oxygen atoms in total. The lowest BCUT2D eigenvalue weighted by atomic mass is 10.2. The average Bonchev–Trinajstić information content (AvgIpc) is 1.99. The Morgan fingerprint density at radius 1 is 1.33 bits per heavy atom. The third-order valence-electron chi connectivity index (χ3n) is 1.82. The van der Waals surface area contributed by atoms with Crippen molar-refractivity contribution in [3.8, 4) is 5.75 Å². The van der Waals surface area contributed by atoms with Crippen LogP contribution in [0.2, 0.25) is 0 Å². The van der Waals surface area contributed by atoms with Crippen LogP contribution in [0.5, 0.6) is 5.75 Å². The van der Waals surface area contributed by atoms with Crippen LogP contribution in [0.1, 0.15) is 19.4 Å². The van der Waals surface area contributed by atoms with Gasteiger partial charge in [0, 0.05) is 0 Å². The number of sulfonamides is 1. The minimum absolute atomic E-state index is 0.0599. The van der Waals surface area contributed by atoms with Gasteiger partial charge in [-0.2, -0.15) is 0 Å². The molecular formula is C10H15NO3S. The lowest BCUT2D eigenvalue weighted by molar-refractivity contribution is 0.242. The van der Waals surface area contributed by atoms with Crippen molar-refractivity contribution < 1.29 is 13.2 Å². The summed E-state index contributed by atoms with van der Waals surface area (Å²) in [7, 11) is -3.63. The van der Waals surface area contributed by atoms with Crippen LogP contribution in [0.25, 0.3) is 0 Å². The Morgan fingerprint density at radius 3 is 2.33 bits per heavy atom. The van der Waals surface area contributed by atoms with E-state index in [-0.39, 0.29) is 11.0 Å². The Morgan fingerprint density at radius 2 is 1.93 bits per heavy atom. The smallest absolute Gasteiger partial charge is 0.238 e. The first kappa shape index (κ1) is 12.0. The van der Waals surface area contributed by atoms with Crippen LogP contribution in [0.15, 0.2) is 23.1 Å². The molecule has 0 amide bonds. The van der Waals surface area contributed by atoms with Crippen LogP contribution in [0, 0.1) is 6.92 Å². The quantitative estimate of drug-likeness (QED) is 0.852. The summed E-state index contributed by atoms with van der Waals surface area (Å²) in [4.78, 5) is 0.138. The molecule has 0 spiro atoms. The monoisotopic (exact) mass is 229 g/mol. The van der Waals surface area contributed by atoms with Crippen LogP contribution < -0.4 is 9.88 Å². The molecule has 1 aromatic carbocycles. The zero-order valence-electron chi connectivity index (χ0n) is 9.02. The molecule has 0 atom stereocenters. The Bertz CT molecular complexity index is 452. The standard InChI is InChI=1S/C10H15NO3S/c1-7(2)14-9-4-5-10(8(3)6-9)15(11,12)13/h4-7H,1-3H3,(H2,11,12,13). The van der Waals surface area contributed by atoms with Crippen LogP contribution in [-0.4, -0.2) is 14.5 Å². The third-order valence-corrected chi connectivity index (χ3v) is 2.90. The first-order valence-corrected chi connectivity index (χ1v) is 6.15. The maximum Gasteiger partial charge on any atom is 0.238 e. The molecule has 0 saturated heterocycles. The van der Waals surface area contributed by atoms with Gasteiger partial charge in [0.25, 0.3) is 0 Å². The van der Waals surface area contributed by atoms with Crippen LogP contribution in [-0.2, 0) is 10.0 Å². The first-order valence-electron chi connectivity index (χ1n) is 4.61. The molecule has 0 bridgehead atoms. The molecule has 1 aromatic rings. The lowest BCUT2D eigenvalue weighted by Crippen LogP contribution is -2.14. The van der Waals surface area contributed by atoms with E-state index in [9.17, 15) is 8.42 Å². The van der Waals surface area contributed by atoms with Crippen molar-refractivity contribution in [3.63, 3.8) is 0 Å². The number of primary sulfonamides is 1. The molecule has 84 valence electrons. The summed E-state index contributed by atoms with van der Waals surface area (Å²) in [6.07, 6.45) is 0.0599. The highest BCUT2D eigenvalue weighted by Gasteiger charge is 2.11. The number of hydrogen-bond acceptors (Lipinski definition) is 3. The predicted molar refractivity (Wildman–Crippen MR) is 58.3 cm³/mol. The molecule has 0 aromatic heterocycles. The second-order valence-electron chi connectivity index (χ2n) is 3.64. The molecule has 0 radical (unpaired) electrons. The highest BCUT2D eigenvalue weighted by Crippen LogP contribution is 2.20. The van der Waals surface area contributed by atoms with E-state index in [1.54, 1.807) is 19.1 Å². The highest BCUT2D eigenvalue weighted by atomic mass is 32.2. The van der Waals surface area contributed by atoms with Gasteiger partial charge < -0.3 is 4.74 Å². The molecule has 0 aliphatic rings. The predicted octanol–water partition coefficient (Wildman–Crippen LogP) is 1.43. The molecule has 0 aliphatic carbocycles. The number of benzene rings is 1. The molecule has 5 heteroatoms. The van der Waals surface area contributed by atoms with Gasteiger partial charge in [0.1, 0.15) is 5.75 Å². The van der Waals surface area contributed by atoms with Crippen LogP contribution in [0.3, 0.4) is 0 Å². The largest absolute Gasteiger partial charge is 0.491 e. The highest BCUT2D eigenvalue weighted by molar-refractivity contribution is 7.89. The van der Waals surface area contributed by atoms with Crippen molar-refractivity contribution >= 4 is 10.0 Å². The average molecular weight is 229 g/mol. The zero-order chi connectivity index (χ0) is 11.6. The Kier molecular flexibility index (Phi) is 3.36. The minimum Gasteiger partial charge on any atom is -0.491 e. The molecular weight excluding hydrogens is 214 g/mol. The summed E-state index contributed by atoms with van der Waals surface area (Å²) in [5.41, 5.74) is 0.593. The number of aryl methyl sites for hydroxylation is 1. The molecule has 0 aliphatic heterocycles. The normalized spacial score (nSPS) is 11.8. The van der Waals surface area contributed by atoms with Gasteiger partial charge >= 0.3 is 0 Å². The van der Waals surface area contributed by atoms with Gasteiger partial charge in [0.05, 0.1) is 11.0 Å². The topological polar surface area (TPSA) is 69.4 Å². The number of rotatable bonds is 3. The van der Waals surface area contributed by atoms with Crippen LogP contribution >= 0.6 is 0 Å². The zero-order valence-corrected chi connectivity index (χ0v) is 9.84. The van der Waals surface area contributed by atoms with Crippen molar-refractivity contribution in [3.05, 3.63) is 23.8 Å². The van der Waals surface area contributed by atoms with Gasteiger partial charge in [-0.1, -0.05) is 0 Å². The van der Waals surface area contributed by atoms with E-state index in [0.717, 1.165) is 0 Å². The van der Waals surface area contributed by atoms with Gasteiger partial charge in [-0.25, -0.2) is 13.6 Å². The van der Waals surface area contributed by atoms with Crippen molar-refractivity contribution in [2.45, 2.75) is 31.8 Å². The van der Waals surface area contributed by atoms with Gasteiger partial charge in [-0.15, -0.1) is 0 Å². The van der Waals surface area contributed by atoms with Gasteiger partial charge in [-0.3, -0.25) is 0 Å². The van der Waals surface area contributed by atoms with E-state index < -0.39 is 10.0 Å². The molecule has 1 rings (SSSR count). The van der Waals surface area contributed by atoms with E-state index in [1.807, 2.05) is 13.8 Å². The fourth-order valence-electron chi connectivity index (χ4n) is 1.29. The maximum atomic E-state index is 11.1. The molecule has 2 N–H and O–H groups in total. The first-order chi connectivity index (χ1) is 6.80. The molecule has 0 saturated carbocycles. The second kappa shape index (κ2) is 4.20. The van der Waals surface area contributed by atoms with Crippen molar-refractivity contribution in [2.24, 2.45) is 5.14 Å². The van der Waals surface area contributed by atoms with Gasteiger partial charge in [0.2, 0.25) is 10.0 Å². The summed E-state index contributed by atoms with van der Waals surface area (Å²) < 4.78 is 27.7. The molecule has 0 fully saturated rings. The van der Waals surface area contributed by atoms with Crippen molar-refractivity contribution in [2.75, 3.05) is 0 Å². The Balaban J connectivity index is 3.09. The summed E-state index contributed by atoms with van der Waals surface area (Å²) >= 11 is 0. The van der Waals surface area contributed by atoms with Gasteiger partial charge in [-0.05, 0) is 44.5 Å². The van der Waals surface area contributed by atoms with E-state index in [4.69, 9.17) is 9.88 Å². The minimum atomic E-state index is -3.63. The fraction of sp³-hybridized carbons (Fsp3) is 0.400.